The minimum absolute atomic E-state index is 0.146. The summed E-state index contributed by atoms with van der Waals surface area (Å²) in [4.78, 5) is 32.9. The van der Waals surface area contributed by atoms with Crippen LogP contribution in [0.2, 0.25) is 0 Å². The van der Waals surface area contributed by atoms with Crippen LogP contribution in [0.3, 0.4) is 0 Å². The number of hydrogen-bond donors (Lipinski definition) is 2. The van der Waals surface area contributed by atoms with Crippen LogP contribution in [0, 0.1) is 20.2 Å². The molecule has 4 N–H and O–H groups in total. The van der Waals surface area contributed by atoms with Gasteiger partial charge in [0, 0.05) is 34.4 Å². The largest absolute Gasteiger partial charge is 0.393 e. The molecule has 0 aromatic heterocycles. The number of rotatable bonds is 2. The van der Waals surface area contributed by atoms with Gasteiger partial charge >= 0.3 is 0 Å². The molecule has 0 radical (unpaired) electrons. The van der Waals surface area contributed by atoms with E-state index in [1.807, 2.05) is 0 Å². The van der Waals surface area contributed by atoms with Crippen LogP contribution in [-0.4, -0.2) is 15.6 Å². The molecule has 1 aliphatic rings. The maximum Gasteiger partial charge on any atom is 0.292 e. The summed E-state index contributed by atoms with van der Waals surface area (Å²) in [6.07, 6.45) is 0. The molecule has 9 nitrogen and oxygen atoms in total. The monoisotopic (exact) mass is 300 g/mol. The number of nitro groups is 2. The minimum atomic E-state index is -0.677. The number of carbonyl (C=O) groups excluding carboxylic acids is 1. The average Bonchev–Trinajstić information content (AvgIpc) is 2.69. The molecule has 0 saturated carbocycles. The molecule has 0 fully saturated rings. The molecule has 0 atom stereocenters. The Kier molecular flexibility index (Phi) is 2.61. The van der Waals surface area contributed by atoms with Gasteiger partial charge in [-0.25, -0.2) is 0 Å². The fraction of sp³-hybridized carbons (Fsp3) is 0. The standard InChI is InChI=1S/C13H8N4O5/c14-9-1-7-5(3-11(9)16(19)20)6-4-12(17(21)22)10(15)2-8(6)13(7)18/h1-4H,14-15H2. The Labute approximate surface area is 122 Å². The first-order chi connectivity index (χ1) is 10.3. The lowest BCUT2D eigenvalue weighted by atomic mass is 10.0. The van der Waals surface area contributed by atoms with E-state index in [9.17, 15) is 25.0 Å². The van der Waals surface area contributed by atoms with Crippen molar-refractivity contribution < 1.29 is 14.6 Å². The number of anilines is 2. The van der Waals surface area contributed by atoms with E-state index >= 15 is 0 Å². The van der Waals surface area contributed by atoms with E-state index in [0.717, 1.165) is 12.1 Å². The Bertz CT molecular complexity index is 819. The zero-order valence-electron chi connectivity index (χ0n) is 10.9. The first-order valence-corrected chi connectivity index (χ1v) is 6.02. The molecule has 0 amide bonds. The lowest BCUT2D eigenvalue weighted by molar-refractivity contribution is -0.384. The van der Waals surface area contributed by atoms with Crippen LogP contribution in [0.25, 0.3) is 11.1 Å². The molecule has 1 aliphatic carbocycles. The second-order valence-electron chi connectivity index (χ2n) is 4.76. The first kappa shape index (κ1) is 13.5. The molecule has 2 aromatic carbocycles. The van der Waals surface area contributed by atoms with Crippen LogP contribution in [0.4, 0.5) is 22.7 Å². The van der Waals surface area contributed by atoms with Gasteiger partial charge < -0.3 is 11.5 Å². The van der Waals surface area contributed by atoms with E-state index in [1.54, 1.807) is 0 Å². The summed E-state index contributed by atoms with van der Waals surface area (Å²) < 4.78 is 0. The van der Waals surface area contributed by atoms with Crippen molar-refractivity contribution in [3.8, 4) is 11.1 Å². The van der Waals surface area contributed by atoms with Gasteiger partial charge in [-0.2, -0.15) is 0 Å². The van der Waals surface area contributed by atoms with Gasteiger partial charge in [0.05, 0.1) is 9.85 Å². The third-order valence-corrected chi connectivity index (χ3v) is 3.51. The molecule has 110 valence electrons. The van der Waals surface area contributed by atoms with E-state index in [-0.39, 0.29) is 45.0 Å². The highest BCUT2D eigenvalue weighted by atomic mass is 16.6. The Morgan fingerprint density at radius 2 is 1.09 bits per heavy atom. The van der Waals surface area contributed by atoms with Crippen molar-refractivity contribution in [2.45, 2.75) is 0 Å². The van der Waals surface area contributed by atoms with E-state index in [4.69, 9.17) is 11.5 Å². The third kappa shape index (κ3) is 1.69. The number of carbonyl (C=O) groups is 1. The summed E-state index contributed by atoms with van der Waals surface area (Å²) in [5, 5.41) is 21.9. The average molecular weight is 300 g/mol. The number of fused-ring (bicyclic) bond motifs is 3. The Morgan fingerprint density at radius 1 is 0.727 bits per heavy atom. The molecule has 3 rings (SSSR count). The predicted octanol–water partition coefficient (Wildman–Crippen LogP) is 1.88. The van der Waals surface area contributed by atoms with Crippen LogP contribution in [0.5, 0.6) is 0 Å². The highest BCUT2D eigenvalue weighted by molar-refractivity contribution is 6.23. The highest BCUT2D eigenvalue weighted by Gasteiger charge is 2.32. The summed E-state index contributed by atoms with van der Waals surface area (Å²) in [7, 11) is 0. The maximum atomic E-state index is 12.3. The number of ketones is 1. The first-order valence-electron chi connectivity index (χ1n) is 6.02. The second kappa shape index (κ2) is 4.25. The summed E-state index contributed by atoms with van der Waals surface area (Å²) in [5.74, 6) is -0.423. The van der Waals surface area contributed by atoms with Crippen LogP contribution < -0.4 is 11.5 Å². The second-order valence-corrected chi connectivity index (χ2v) is 4.76. The van der Waals surface area contributed by atoms with Crippen molar-refractivity contribution in [2.24, 2.45) is 0 Å². The molecule has 0 bridgehead atoms. The number of nitro benzene ring substituents is 2. The lowest BCUT2D eigenvalue weighted by Gasteiger charge is -2.03. The van der Waals surface area contributed by atoms with E-state index in [0.29, 0.717) is 0 Å². The molecule has 0 spiro atoms. The van der Waals surface area contributed by atoms with Crippen LogP contribution in [0.1, 0.15) is 15.9 Å². The van der Waals surface area contributed by atoms with Crippen molar-refractivity contribution in [3.05, 3.63) is 55.6 Å². The van der Waals surface area contributed by atoms with Crippen molar-refractivity contribution in [1.82, 2.24) is 0 Å². The van der Waals surface area contributed by atoms with Gasteiger partial charge in [-0.3, -0.25) is 25.0 Å². The molecule has 0 saturated heterocycles. The zero-order valence-corrected chi connectivity index (χ0v) is 10.9. The summed E-state index contributed by atoms with van der Waals surface area (Å²) >= 11 is 0. The highest BCUT2D eigenvalue weighted by Crippen LogP contribution is 2.43. The Balaban J connectivity index is 2.34. The van der Waals surface area contributed by atoms with Crippen molar-refractivity contribution in [1.29, 1.82) is 0 Å². The van der Waals surface area contributed by atoms with Crippen LogP contribution in [-0.2, 0) is 0 Å². The van der Waals surface area contributed by atoms with Crippen molar-refractivity contribution >= 4 is 28.5 Å². The van der Waals surface area contributed by atoms with Crippen molar-refractivity contribution in [2.75, 3.05) is 11.5 Å². The molecule has 22 heavy (non-hydrogen) atoms. The fourth-order valence-electron chi connectivity index (χ4n) is 2.49. The molecular weight excluding hydrogens is 292 g/mol. The van der Waals surface area contributed by atoms with Gasteiger partial charge in [0.25, 0.3) is 11.4 Å². The topological polar surface area (TPSA) is 155 Å². The quantitative estimate of drug-likeness (QED) is 0.415. The lowest BCUT2D eigenvalue weighted by Crippen LogP contribution is -2.01. The molecule has 9 heteroatoms. The minimum Gasteiger partial charge on any atom is -0.393 e. The predicted molar refractivity (Wildman–Crippen MR) is 77.4 cm³/mol. The van der Waals surface area contributed by atoms with Crippen molar-refractivity contribution in [3.63, 3.8) is 0 Å². The fourth-order valence-corrected chi connectivity index (χ4v) is 2.49. The summed E-state index contributed by atoms with van der Waals surface area (Å²) in [6, 6.07) is 4.71. The van der Waals surface area contributed by atoms with E-state index in [2.05, 4.69) is 0 Å². The van der Waals surface area contributed by atoms with Gasteiger partial charge in [-0.1, -0.05) is 0 Å². The van der Waals surface area contributed by atoms with Gasteiger partial charge in [0.1, 0.15) is 11.4 Å². The number of nitrogens with two attached hydrogens (primary N) is 2. The molecular formula is C13H8N4O5. The van der Waals surface area contributed by atoms with Crippen LogP contribution >= 0.6 is 0 Å². The van der Waals surface area contributed by atoms with Gasteiger partial charge in [-0.05, 0) is 12.1 Å². The van der Waals surface area contributed by atoms with Crippen LogP contribution in [0.15, 0.2) is 24.3 Å². The SMILES string of the molecule is Nc1cc2c(cc1[N+](=O)[O-])-c1cc([N+](=O)[O-])c(N)cc1C2=O. The third-order valence-electron chi connectivity index (χ3n) is 3.51. The Morgan fingerprint density at radius 3 is 1.41 bits per heavy atom. The number of nitrogens with zero attached hydrogens (tertiary/aromatic N) is 2. The summed E-state index contributed by atoms with van der Waals surface area (Å²) in [6.45, 7) is 0. The Hall–Kier alpha value is -3.49. The van der Waals surface area contributed by atoms with Gasteiger partial charge in [0.15, 0.2) is 5.78 Å². The molecule has 2 aromatic rings. The van der Waals surface area contributed by atoms with E-state index < -0.39 is 15.6 Å². The smallest absolute Gasteiger partial charge is 0.292 e. The normalized spacial score (nSPS) is 11.9. The molecule has 0 unspecified atom stereocenters. The van der Waals surface area contributed by atoms with Gasteiger partial charge in [-0.15, -0.1) is 0 Å². The van der Waals surface area contributed by atoms with Gasteiger partial charge in [0.2, 0.25) is 0 Å². The zero-order chi connectivity index (χ0) is 16.2. The molecule has 0 heterocycles. The number of nitrogen functional groups attached to an aromatic ring is 2. The summed E-state index contributed by atoms with van der Waals surface area (Å²) in [5.41, 5.74) is 10.9. The maximum absolute atomic E-state index is 12.3. The molecule has 0 aliphatic heterocycles. The number of hydrogen-bond acceptors (Lipinski definition) is 7. The van der Waals surface area contributed by atoms with E-state index in [1.165, 1.54) is 12.1 Å². The number of benzene rings is 2.